The number of hydrogen-bond donors (Lipinski definition) is 1. The first-order chi connectivity index (χ1) is 15.2. The Morgan fingerprint density at radius 3 is 2.53 bits per heavy atom. The van der Waals surface area contributed by atoms with Gasteiger partial charge in [0.2, 0.25) is 0 Å². The molecule has 7 heteroatoms. The Morgan fingerprint density at radius 1 is 1.06 bits per heavy atom. The van der Waals surface area contributed by atoms with Gasteiger partial charge < -0.3 is 24.1 Å². The molecule has 6 rings (SSSR count). The van der Waals surface area contributed by atoms with Crippen LogP contribution in [0.5, 0.6) is 0 Å². The summed E-state index contributed by atoms with van der Waals surface area (Å²) in [5.41, 5.74) is 5.49. The molecule has 1 unspecified atom stereocenters. The van der Waals surface area contributed by atoms with Gasteiger partial charge in [-0.2, -0.15) is 0 Å². The minimum atomic E-state index is -0.388. The molecule has 1 fully saturated rings. The lowest BCUT2D eigenvalue weighted by atomic mass is 9.78. The number of aromatic amines is 1. The summed E-state index contributed by atoms with van der Waals surface area (Å²) in [7, 11) is 1.68. The Balaban J connectivity index is 1.43. The highest BCUT2D eigenvalue weighted by molar-refractivity contribution is 6.62. The van der Waals surface area contributed by atoms with E-state index in [2.05, 4.69) is 62.8 Å². The van der Waals surface area contributed by atoms with E-state index in [4.69, 9.17) is 9.31 Å². The average Bonchev–Trinajstić information content (AvgIpc) is 3.24. The van der Waals surface area contributed by atoms with Crippen molar-refractivity contribution in [1.82, 2.24) is 9.88 Å². The van der Waals surface area contributed by atoms with E-state index in [9.17, 15) is 4.79 Å². The van der Waals surface area contributed by atoms with Gasteiger partial charge in [-0.05, 0) is 63.3 Å². The Hall–Kier alpha value is -2.77. The second-order valence-corrected chi connectivity index (χ2v) is 10.2. The lowest BCUT2D eigenvalue weighted by Crippen LogP contribution is -2.51. The van der Waals surface area contributed by atoms with E-state index in [-0.39, 0.29) is 30.4 Å². The number of anilines is 1. The Labute approximate surface area is 188 Å². The second kappa shape index (κ2) is 6.39. The van der Waals surface area contributed by atoms with Crippen LogP contribution in [0.3, 0.4) is 0 Å². The normalized spacial score (nSPS) is 23.3. The van der Waals surface area contributed by atoms with Crippen LogP contribution in [0, 0.1) is 0 Å². The molecule has 1 saturated heterocycles. The molecule has 1 N–H and O–H groups in total. The molecule has 0 radical (unpaired) electrons. The van der Waals surface area contributed by atoms with Crippen LogP contribution in [0.1, 0.15) is 55.5 Å². The summed E-state index contributed by atoms with van der Waals surface area (Å²) in [5, 5.41) is 1.19. The Morgan fingerprint density at radius 2 is 1.78 bits per heavy atom. The predicted molar refractivity (Wildman–Crippen MR) is 126 cm³/mol. The molecule has 164 valence electrons. The first-order valence-electron chi connectivity index (χ1n) is 11.3. The summed E-state index contributed by atoms with van der Waals surface area (Å²) < 4.78 is 12.6. The van der Waals surface area contributed by atoms with Crippen LogP contribution in [0.4, 0.5) is 5.69 Å². The lowest BCUT2D eigenvalue weighted by molar-refractivity contribution is 0.00578. The summed E-state index contributed by atoms with van der Waals surface area (Å²) >= 11 is 0. The SMILES string of the molecule is CN1c2ccccc2C(=O)N2CCc3c([nH]c4ccc(B5OC(C)(C)C(C)(C)O5)cc34)C21. The third-order valence-electron chi connectivity index (χ3n) is 7.79. The minimum absolute atomic E-state index is 0.103. The molecule has 3 aliphatic heterocycles. The van der Waals surface area contributed by atoms with E-state index in [0.717, 1.165) is 34.3 Å². The van der Waals surface area contributed by atoms with Crippen molar-refractivity contribution in [3.63, 3.8) is 0 Å². The van der Waals surface area contributed by atoms with Gasteiger partial charge in [0.25, 0.3) is 5.91 Å². The molecule has 0 saturated carbocycles. The van der Waals surface area contributed by atoms with E-state index in [0.29, 0.717) is 6.54 Å². The number of aromatic nitrogens is 1. The first-order valence-corrected chi connectivity index (χ1v) is 11.3. The largest absolute Gasteiger partial charge is 0.494 e. The number of hydrogen-bond acceptors (Lipinski definition) is 4. The van der Waals surface area contributed by atoms with Crippen molar-refractivity contribution in [3.05, 3.63) is 59.3 Å². The summed E-state index contributed by atoms with van der Waals surface area (Å²) in [6.07, 6.45) is 0.689. The van der Waals surface area contributed by atoms with Gasteiger partial charge in [0, 0.05) is 24.5 Å². The predicted octanol–water partition coefficient (Wildman–Crippen LogP) is 3.61. The van der Waals surface area contributed by atoms with Crippen molar-refractivity contribution < 1.29 is 14.1 Å². The van der Waals surface area contributed by atoms with E-state index in [1.165, 1.54) is 10.9 Å². The quantitative estimate of drug-likeness (QED) is 0.601. The Kier molecular flexibility index (Phi) is 3.97. The third kappa shape index (κ3) is 2.58. The third-order valence-corrected chi connectivity index (χ3v) is 7.79. The molecular formula is C25H28BN3O3. The van der Waals surface area contributed by atoms with Crippen LogP contribution < -0.4 is 10.4 Å². The maximum atomic E-state index is 13.2. The Bertz CT molecular complexity index is 1250. The number of carbonyl (C=O) groups excluding carboxylic acids is 1. The van der Waals surface area contributed by atoms with Gasteiger partial charge in [0.1, 0.15) is 6.17 Å². The zero-order valence-electron chi connectivity index (χ0n) is 19.2. The topological polar surface area (TPSA) is 57.8 Å². The molecule has 3 aliphatic rings. The van der Waals surface area contributed by atoms with Crippen molar-refractivity contribution in [2.24, 2.45) is 0 Å². The first kappa shape index (κ1) is 19.9. The van der Waals surface area contributed by atoms with Gasteiger partial charge in [-0.1, -0.05) is 24.3 Å². The average molecular weight is 429 g/mol. The van der Waals surface area contributed by atoms with Crippen molar-refractivity contribution >= 4 is 35.1 Å². The zero-order chi connectivity index (χ0) is 22.4. The molecule has 2 aromatic carbocycles. The highest BCUT2D eigenvalue weighted by Gasteiger charge is 2.52. The van der Waals surface area contributed by atoms with Gasteiger partial charge in [-0.3, -0.25) is 4.79 Å². The number of nitrogens with zero attached hydrogens (tertiary/aromatic N) is 2. The number of carbonyl (C=O) groups is 1. The molecule has 4 heterocycles. The number of fused-ring (bicyclic) bond motifs is 6. The smallest absolute Gasteiger partial charge is 0.399 e. The molecule has 1 aromatic heterocycles. The summed E-state index contributed by atoms with van der Waals surface area (Å²) in [4.78, 5) is 21.0. The fraction of sp³-hybridized carbons (Fsp3) is 0.400. The van der Waals surface area contributed by atoms with Crippen molar-refractivity contribution in [1.29, 1.82) is 0 Å². The van der Waals surface area contributed by atoms with Gasteiger partial charge in [0.15, 0.2) is 0 Å². The molecule has 1 amide bonds. The van der Waals surface area contributed by atoms with E-state index in [1.807, 2.05) is 29.2 Å². The van der Waals surface area contributed by atoms with E-state index in [1.54, 1.807) is 0 Å². The van der Waals surface area contributed by atoms with Gasteiger partial charge >= 0.3 is 7.12 Å². The van der Waals surface area contributed by atoms with Crippen LogP contribution in [-0.2, 0) is 15.7 Å². The van der Waals surface area contributed by atoms with Crippen molar-refractivity contribution in [3.8, 4) is 0 Å². The molecule has 0 aliphatic carbocycles. The fourth-order valence-electron chi connectivity index (χ4n) is 5.28. The molecule has 6 nitrogen and oxygen atoms in total. The van der Waals surface area contributed by atoms with E-state index >= 15 is 0 Å². The van der Waals surface area contributed by atoms with Crippen LogP contribution in [0.25, 0.3) is 10.9 Å². The molecule has 0 spiro atoms. The molecule has 32 heavy (non-hydrogen) atoms. The standard InChI is InChI=1S/C25H28BN3O3/c1-24(2)25(3,4)32-26(31-24)15-10-11-19-18(14-15)16-12-13-29-22(21(16)27-19)28(5)20-9-7-6-8-17(20)23(29)30/h6-11,14,22,27H,12-13H2,1-5H3. The zero-order valence-corrected chi connectivity index (χ0v) is 19.2. The molecule has 3 aromatic rings. The maximum Gasteiger partial charge on any atom is 0.494 e. The monoisotopic (exact) mass is 429 g/mol. The number of nitrogens with one attached hydrogen (secondary N) is 1. The number of H-pyrrole nitrogens is 1. The van der Waals surface area contributed by atoms with Crippen LogP contribution >= 0.6 is 0 Å². The fourth-order valence-corrected chi connectivity index (χ4v) is 5.28. The lowest BCUT2D eigenvalue weighted by Gasteiger charge is -2.46. The molecule has 0 bridgehead atoms. The molecule has 1 atom stereocenters. The highest BCUT2D eigenvalue weighted by Crippen LogP contribution is 2.43. The minimum Gasteiger partial charge on any atom is -0.399 e. The second-order valence-electron chi connectivity index (χ2n) is 10.2. The summed E-state index contributed by atoms with van der Waals surface area (Å²) in [6.45, 7) is 9.00. The van der Waals surface area contributed by atoms with Gasteiger partial charge in [-0.15, -0.1) is 0 Å². The maximum absolute atomic E-state index is 13.2. The van der Waals surface area contributed by atoms with Crippen LogP contribution in [0.2, 0.25) is 0 Å². The number of rotatable bonds is 1. The summed E-state index contributed by atoms with van der Waals surface area (Å²) in [5.74, 6) is 0.103. The molecular weight excluding hydrogens is 401 g/mol. The van der Waals surface area contributed by atoms with Crippen molar-refractivity contribution in [2.75, 3.05) is 18.5 Å². The van der Waals surface area contributed by atoms with Gasteiger partial charge in [0.05, 0.1) is 28.1 Å². The van der Waals surface area contributed by atoms with E-state index < -0.39 is 0 Å². The van der Waals surface area contributed by atoms with Crippen LogP contribution in [-0.4, -0.2) is 47.7 Å². The number of para-hydroxylation sites is 1. The van der Waals surface area contributed by atoms with Crippen molar-refractivity contribution in [2.45, 2.75) is 51.5 Å². The van der Waals surface area contributed by atoms with Crippen LogP contribution in [0.15, 0.2) is 42.5 Å². The highest BCUT2D eigenvalue weighted by atomic mass is 16.7. The van der Waals surface area contributed by atoms with Gasteiger partial charge in [-0.25, -0.2) is 0 Å². The summed E-state index contributed by atoms with van der Waals surface area (Å²) in [6, 6.07) is 14.2. The number of benzene rings is 2. The number of amides is 1.